The summed E-state index contributed by atoms with van der Waals surface area (Å²) in [6.07, 6.45) is 1.67. The molecule has 1 aromatic carbocycles. The summed E-state index contributed by atoms with van der Waals surface area (Å²) in [6.45, 7) is 3.91. The fraction of sp³-hybridized carbons (Fsp3) is 0.500. The molecule has 0 saturated carbocycles. The minimum Gasteiger partial charge on any atom is -0.380 e. The van der Waals surface area contributed by atoms with Gasteiger partial charge in [-0.15, -0.1) is 0 Å². The van der Waals surface area contributed by atoms with Crippen molar-refractivity contribution < 1.29 is 22.0 Å². The fourth-order valence-corrected chi connectivity index (χ4v) is 1.63. The van der Waals surface area contributed by atoms with Gasteiger partial charge in [0.1, 0.15) is 5.69 Å². The molecule has 1 rings (SSSR count). The smallest absolute Gasteiger partial charge is 0.200 e. The molecule has 0 aliphatic rings. The highest BCUT2D eigenvalue weighted by molar-refractivity contribution is 5.47. The molecule has 0 heterocycles. The summed E-state index contributed by atoms with van der Waals surface area (Å²) in [5.74, 6) is -9.58. The van der Waals surface area contributed by atoms with Gasteiger partial charge in [0.05, 0.1) is 0 Å². The maximum atomic E-state index is 13.3. The second-order valence-electron chi connectivity index (χ2n) is 4.22. The summed E-state index contributed by atoms with van der Waals surface area (Å²) in [5, 5.41) is 2.28. The van der Waals surface area contributed by atoms with Crippen LogP contribution in [0.25, 0.3) is 0 Å². The predicted molar refractivity (Wildman–Crippen MR) is 58.8 cm³/mol. The summed E-state index contributed by atoms with van der Waals surface area (Å²) in [4.78, 5) is 0. The van der Waals surface area contributed by atoms with Crippen LogP contribution in [0.5, 0.6) is 0 Å². The van der Waals surface area contributed by atoms with E-state index in [4.69, 9.17) is 0 Å². The molecule has 0 aliphatic heterocycles. The van der Waals surface area contributed by atoms with Crippen LogP contribution >= 0.6 is 0 Å². The molecule has 1 nitrogen and oxygen atoms in total. The summed E-state index contributed by atoms with van der Waals surface area (Å²) in [5.41, 5.74) is -0.964. The van der Waals surface area contributed by atoms with Gasteiger partial charge < -0.3 is 5.32 Å². The van der Waals surface area contributed by atoms with Crippen molar-refractivity contribution in [3.63, 3.8) is 0 Å². The van der Waals surface area contributed by atoms with Crippen molar-refractivity contribution in [2.24, 2.45) is 5.92 Å². The van der Waals surface area contributed by atoms with Crippen molar-refractivity contribution in [2.45, 2.75) is 26.7 Å². The zero-order chi connectivity index (χ0) is 13.9. The Labute approximate surface area is 102 Å². The van der Waals surface area contributed by atoms with E-state index in [1.807, 2.05) is 13.8 Å². The normalized spacial score (nSPS) is 12.6. The van der Waals surface area contributed by atoms with Crippen molar-refractivity contribution in [1.82, 2.24) is 0 Å². The first-order valence-electron chi connectivity index (χ1n) is 5.65. The molecule has 18 heavy (non-hydrogen) atoms. The van der Waals surface area contributed by atoms with Gasteiger partial charge >= 0.3 is 0 Å². The van der Waals surface area contributed by atoms with Crippen LogP contribution in [-0.2, 0) is 0 Å². The zero-order valence-electron chi connectivity index (χ0n) is 10.1. The Balaban J connectivity index is 2.96. The average molecular weight is 267 g/mol. The summed E-state index contributed by atoms with van der Waals surface area (Å²) in [7, 11) is 0. The average Bonchev–Trinajstić information content (AvgIpc) is 2.34. The molecule has 0 saturated heterocycles. The van der Waals surface area contributed by atoms with Gasteiger partial charge in [0.25, 0.3) is 0 Å². The predicted octanol–water partition coefficient (Wildman–Crippen LogP) is 4.23. The van der Waals surface area contributed by atoms with Crippen LogP contribution in [-0.4, -0.2) is 6.54 Å². The topological polar surface area (TPSA) is 12.0 Å². The summed E-state index contributed by atoms with van der Waals surface area (Å²) in [6, 6.07) is 0. The van der Waals surface area contributed by atoms with Crippen LogP contribution < -0.4 is 5.32 Å². The molecule has 0 bridgehead atoms. The van der Waals surface area contributed by atoms with Crippen LogP contribution in [0.1, 0.15) is 26.7 Å². The molecule has 1 aromatic rings. The monoisotopic (exact) mass is 267 g/mol. The minimum absolute atomic E-state index is 0.0741. The van der Waals surface area contributed by atoms with Gasteiger partial charge in [-0.3, -0.25) is 0 Å². The molecule has 1 atom stereocenters. The first-order chi connectivity index (χ1) is 8.40. The maximum absolute atomic E-state index is 13.3. The summed E-state index contributed by atoms with van der Waals surface area (Å²) < 4.78 is 65.0. The Kier molecular flexibility index (Phi) is 4.93. The zero-order valence-corrected chi connectivity index (χ0v) is 10.1. The lowest BCUT2D eigenvalue weighted by Crippen LogP contribution is -2.15. The van der Waals surface area contributed by atoms with Crippen molar-refractivity contribution in [3.05, 3.63) is 29.1 Å². The SMILES string of the molecule is CCCC(C)CNc1c(F)c(F)c(F)c(F)c1F. The molecule has 102 valence electrons. The van der Waals surface area contributed by atoms with Crippen LogP contribution in [0.2, 0.25) is 0 Å². The first kappa shape index (κ1) is 14.7. The van der Waals surface area contributed by atoms with Crippen molar-refractivity contribution in [3.8, 4) is 0 Å². The number of anilines is 1. The lowest BCUT2D eigenvalue weighted by Gasteiger charge is -2.14. The van der Waals surface area contributed by atoms with E-state index in [1.165, 1.54) is 0 Å². The van der Waals surface area contributed by atoms with Crippen molar-refractivity contribution in [1.29, 1.82) is 0 Å². The summed E-state index contributed by atoms with van der Waals surface area (Å²) >= 11 is 0. The Hall–Kier alpha value is -1.33. The molecule has 0 amide bonds. The van der Waals surface area contributed by atoms with E-state index in [-0.39, 0.29) is 12.5 Å². The van der Waals surface area contributed by atoms with E-state index in [0.717, 1.165) is 12.8 Å². The van der Waals surface area contributed by atoms with E-state index in [1.54, 1.807) is 0 Å². The van der Waals surface area contributed by atoms with Crippen LogP contribution in [0.3, 0.4) is 0 Å². The second-order valence-corrected chi connectivity index (χ2v) is 4.22. The first-order valence-corrected chi connectivity index (χ1v) is 5.65. The van der Waals surface area contributed by atoms with Crippen molar-refractivity contribution in [2.75, 3.05) is 11.9 Å². The van der Waals surface area contributed by atoms with E-state index in [9.17, 15) is 22.0 Å². The molecular formula is C12H14F5N. The van der Waals surface area contributed by atoms with Gasteiger partial charge in [-0.25, -0.2) is 22.0 Å². The third kappa shape index (κ3) is 2.91. The molecule has 0 aliphatic carbocycles. The lowest BCUT2D eigenvalue weighted by atomic mass is 10.1. The Bertz CT molecular complexity index is 404. The van der Waals surface area contributed by atoms with Gasteiger partial charge in [-0.05, 0) is 12.3 Å². The molecule has 1 unspecified atom stereocenters. The molecule has 0 radical (unpaired) electrons. The molecule has 0 fully saturated rings. The van der Waals surface area contributed by atoms with Gasteiger partial charge in [0.15, 0.2) is 23.3 Å². The molecule has 1 N–H and O–H groups in total. The van der Waals surface area contributed by atoms with Gasteiger partial charge in [0, 0.05) is 6.54 Å². The van der Waals surface area contributed by atoms with E-state index in [2.05, 4.69) is 5.32 Å². The van der Waals surface area contributed by atoms with Crippen molar-refractivity contribution >= 4 is 5.69 Å². The number of hydrogen-bond acceptors (Lipinski definition) is 1. The number of nitrogens with one attached hydrogen (secondary N) is 1. The third-order valence-corrected chi connectivity index (χ3v) is 2.62. The van der Waals surface area contributed by atoms with E-state index < -0.39 is 34.8 Å². The van der Waals surface area contributed by atoms with Gasteiger partial charge in [-0.2, -0.15) is 0 Å². The largest absolute Gasteiger partial charge is 0.380 e. The van der Waals surface area contributed by atoms with Gasteiger partial charge in [0.2, 0.25) is 5.82 Å². The van der Waals surface area contributed by atoms with E-state index >= 15 is 0 Å². The molecule has 6 heteroatoms. The lowest BCUT2D eigenvalue weighted by molar-refractivity contribution is 0.380. The maximum Gasteiger partial charge on any atom is 0.200 e. The number of hydrogen-bond donors (Lipinski definition) is 1. The standard InChI is InChI=1S/C12H14F5N/c1-3-4-6(2)5-18-12-10(16)8(14)7(13)9(15)11(12)17/h6,18H,3-5H2,1-2H3. The molecule has 0 aromatic heterocycles. The molecule has 0 spiro atoms. The quantitative estimate of drug-likeness (QED) is 0.478. The number of halogens is 5. The highest BCUT2D eigenvalue weighted by Gasteiger charge is 2.25. The third-order valence-electron chi connectivity index (χ3n) is 2.62. The minimum atomic E-state index is -2.14. The molecular weight excluding hydrogens is 253 g/mol. The van der Waals surface area contributed by atoms with Crippen LogP contribution in [0.4, 0.5) is 27.6 Å². The van der Waals surface area contributed by atoms with Gasteiger partial charge in [-0.1, -0.05) is 20.3 Å². The Morgan fingerprint density at radius 2 is 1.33 bits per heavy atom. The van der Waals surface area contributed by atoms with Crippen LogP contribution in [0.15, 0.2) is 0 Å². The van der Waals surface area contributed by atoms with E-state index in [0.29, 0.717) is 0 Å². The number of rotatable bonds is 5. The number of benzene rings is 1. The Morgan fingerprint density at radius 3 is 1.78 bits per heavy atom. The van der Waals surface area contributed by atoms with Crippen LogP contribution in [0, 0.1) is 35.0 Å². The second kappa shape index (κ2) is 6.02. The highest BCUT2D eigenvalue weighted by atomic mass is 19.2. The Morgan fingerprint density at radius 1 is 0.889 bits per heavy atom. The highest BCUT2D eigenvalue weighted by Crippen LogP contribution is 2.27. The fourth-order valence-electron chi connectivity index (χ4n) is 1.63.